The highest BCUT2D eigenvalue weighted by Crippen LogP contribution is 2.32. The van der Waals surface area contributed by atoms with Gasteiger partial charge in [0.15, 0.2) is 0 Å². The lowest BCUT2D eigenvalue weighted by molar-refractivity contribution is -0.137. The Bertz CT molecular complexity index is 433. The van der Waals surface area contributed by atoms with E-state index < -0.39 is 11.7 Å². The van der Waals surface area contributed by atoms with Gasteiger partial charge in [-0.3, -0.25) is 0 Å². The Morgan fingerprint density at radius 2 is 2.21 bits per heavy atom. The van der Waals surface area contributed by atoms with Crippen LogP contribution in [0.3, 0.4) is 0 Å². The lowest BCUT2D eigenvalue weighted by Crippen LogP contribution is -2.12. The number of nitrogens with zero attached hydrogens (tertiary/aromatic N) is 1. The summed E-state index contributed by atoms with van der Waals surface area (Å²) in [5.74, 6) is 0.618. The Morgan fingerprint density at radius 1 is 1.42 bits per heavy atom. The summed E-state index contributed by atoms with van der Waals surface area (Å²) in [6.45, 7) is 2.04. The molecule has 2 heterocycles. The third-order valence-corrected chi connectivity index (χ3v) is 3.20. The Labute approximate surface area is 114 Å². The second kappa shape index (κ2) is 5.96. The molecule has 3 nitrogen and oxygen atoms in total. The van der Waals surface area contributed by atoms with Gasteiger partial charge < -0.3 is 10.1 Å². The fourth-order valence-electron chi connectivity index (χ4n) is 1.97. The van der Waals surface area contributed by atoms with E-state index in [1.165, 1.54) is 0 Å². The number of alkyl halides is 3. The van der Waals surface area contributed by atoms with Gasteiger partial charge in [-0.2, -0.15) is 13.2 Å². The second-order valence-electron chi connectivity index (χ2n) is 4.51. The molecular weight excluding hydrogens is 281 g/mol. The van der Waals surface area contributed by atoms with Gasteiger partial charge in [-0.25, -0.2) is 4.98 Å². The molecule has 0 spiro atoms. The van der Waals surface area contributed by atoms with Crippen molar-refractivity contribution in [3.8, 4) is 0 Å². The number of halogens is 4. The smallest absolute Gasteiger partial charge is 0.381 e. The zero-order chi connectivity index (χ0) is 13.9. The van der Waals surface area contributed by atoms with Crippen molar-refractivity contribution in [1.29, 1.82) is 0 Å². The van der Waals surface area contributed by atoms with Crippen molar-refractivity contribution in [2.24, 2.45) is 5.92 Å². The summed E-state index contributed by atoms with van der Waals surface area (Å²) in [5, 5.41) is 2.71. The molecule has 1 fully saturated rings. The average Bonchev–Trinajstić information content (AvgIpc) is 2.80. The van der Waals surface area contributed by atoms with E-state index in [-0.39, 0.29) is 11.0 Å². The normalized spacial score (nSPS) is 19.7. The van der Waals surface area contributed by atoms with Gasteiger partial charge in [-0.1, -0.05) is 11.6 Å². The molecule has 0 amide bonds. The van der Waals surface area contributed by atoms with Crippen LogP contribution in [0.25, 0.3) is 0 Å². The highest BCUT2D eigenvalue weighted by atomic mass is 35.5. The first-order chi connectivity index (χ1) is 8.95. The van der Waals surface area contributed by atoms with E-state index >= 15 is 0 Å². The van der Waals surface area contributed by atoms with Gasteiger partial charge in [0.1, 0.15) is 11.0 Å². The van der Waals surface area contributed by atoms with Gasteiger partial charge in [0.25, 0.3) is 0 Å². The number of rotatable bonds is 4. The van der Waals surface area contributed by atoms with Crippen molar-refractivity contribution in [2.45, 2.75) is 19.0 Å². The molecule has 1 N–H and O–H groups in total. The third kappa shape index (κ3) is 4.24. The zero-order valence-corrected chi connectivity index (χ0v) is 10.9. The minimum Gasteiger partial charge on any atom is -0.381 e. The molecule has 1 atom stereocenters. The number of hydrogen-bond acceptors (Lipinski definition) is 3. The Balaban J connectivity index is 1.94. The molecule has 1 unspecified atom stereocenters. The number of pyridine rings is 1. The largest absolute Gasteiger partial charge is 0.416 e. The minimum absolute atomic E-state index is 0.152. The highest BCUT2D eigenvalue weighted by molar-refractivity contribution is 6.29. The van der Waals surface area contributed by atoms with Gasteiger partial charge in [0.2, 0.25) is 0 Å². The number of hydrogen-bond donors (Lipinski definition) is 1. The zero-order valence-electron chi connectivity index (χ0n) is 10.1. The summed E-state index contributed by atoms with van der Waals surface area (Å²) in [6.07, 6.45) is -2.57. The maximum atomic E-state index is 12.6. The van der Waals surface area contributed by atoms with Crippen LogP contribution in [0.15, 0.2) is 12.1 Å². The van der Waals surface area contributed by atoms with Gasteiger partial charge in [-0.15, -0.1) is 0 Å². The number of ether oxygens (including phenoxy) is 1. The molecule has 0 saturated carbocycles. The lowest BCUT2D eigenvalue weighted by atomic mass is 10.1. The minimum atomic E-state index is -4.41. The molecule has 7 heteroatoms. The van der Waals surface area contributed by atoms with Crippen LogP contribution in [0.2, 0.25) is 5.15 Å². The molecule has 0 bridgehead atoms. The van der Waals surface area contributed by atoms with Gasteiger partial charge in [0, 0.05) is 19.8 Å². The van der Waals surface area contributed by atoms with E-state index in [4.69, 9.17) is 16.3 Å². The monoisotopic (exact) mass is 294 g/mol. The molecule has 0 radical (unpaired) electrons. The van der Waals surface area contributed by atoms with Crippen LogP contribution >= 0.6 is 11.6 Å². The van der Waals surface area contributed by atoms with Crippen LogP contribution in [0.4, 0.5) is 19.0 Å². The summed E-state index contributed by atoms with van der Waals surface area (Å²) in [4.78, 5) is 3.83. The van der Waals surface area contributed by atoms with Crippen LogP contribution in [-0.2, 0) is 10.9 Å². The SMILES string of the molecule is FC(F)(F)c1cc(Cl)nc(NCCC2CCOC2)c1. The van der Waals surface area contributed by atoms with Crippen molar-refractivity contribution in [1.82, 2.24) is 4.98 Å². The Morgan fingerprint density at radius 3 is 2.84 bits per heavy atom. The second-order valence-corrected chi connectivity index (χ2v) is 4.89. The van der Waals surface area contributed by atoms with Crippen LogP contribution in [0, 0.1) is 5.92 Å². The first-order valence-electron chi connectivity index (χ1n) is 6.01. The molecule has 1 aromatic rings. The number of aromatic nitrogens is 1. The average molecular weight is 295 g/mol. The molecule has 1 aromatic heterocycles. The predicted octanol–water partition coefficient (Wildman–Crippen LogP) is 3.59. The van der Waals surface area contributed by atoms with Crippen molar-refractivity contribution in [3.05, 3.63) is 22.8 Å². The lowest BCUT2D eigenvalue weighted by Gasteiger charge is -2.12. The molecule has 19 heavy (non-hydrogen) atoms. The molecule has 0 aromatic carbocycles. The topological polar surface area (TPSA) is 34.2 Å². The summed E-state index contributed by atoms with van der Waals surface area (Å²) in [5.41, 5.74) is -0.792. The molecule has 106 valence electrons. The standard InChI is InChI=1S/C12H14ClF3N2O/c13-10-5-9(12(14,15)16)6-11(18-10)17-3-1-8-2-4-19-7-8/h5-6,8H,1-4,7H2,(H,17,18). The third-order valence-electron chi connectivity index (χ3n) is 3.00. The van der Waals surface area contributed by atoms with E-state index in [9.17, 15) is 13.2 Å². The Hall–Kier alpha value is -1.01. The van der Waals surface area contributed by atoms with Crippen LogP contribution in [0.1, 0.15) is 18.4 Å². The van der Waals surface area contributed by atoms with E-state index in [0.29, 0.717) is 12.5 Å². The van der Waals surface area contributed by atoms with E-state index in [1.807, 2.05) is 0 Å². The predicted molar refractivity (Wildman–Crippen MR) is 66.3 cm³/mol. The fourth-order valence-corrected chi connectivity index (χ4v) is 2.18. The van der Waals surface area contributed by atoms with Crippen molar-refractivity contribution < 1.29 is 17.9 Å². The van der Waals surface area contributed by atoms with Gasteiger partial charge >= 0.3 is 6.18 Å². The van der Waals surface area contributed by atoms with Gasteiger partial charge in [0.05, 0.1) is 5.56 Å². The van der Waals surface area contributed by atoms with Crippen molar-refractivity contribution in [3.63, 3.8) is 0 Å². The first kappa shape index (κ1) is 14.4. The first-order valence-corrected chi connectivity index (χ1v) is 6.39. The molecule has 1 saturated heterocycles. The number of nitrogens with one attached hydrogen (secondary N) is 1. The van der Waals surface area contributed by atoms with Crippen LogP contribution < -0.4 is 5.32 Å². The number of anilines is 1. The molecule has 1 aliphatic rings. The highest BCUT2D eigenvalue weighted by Gasteiger charge is 2.31. The van der Waals surface area contributed by atoms with Crippen LogP contribution in [-0.4, -0.2) is 24.7 Å². The quantitative estimate of drug-likeness (QED) is 0.862. The van der Waals surface area contributed by atoms with Crippen LogP contribution in [0.5, 0.6) is 0 Å². The van der Waals surface area contributed by atoms with E-state index in [2.05, 4.69) is 10.3 Å². The fraction of sp³-hybridized carbons (Fsp3) is 0.583. The summed E-state index contributed by atoms with van der Waals surface area (Å²) in [6, 6.07) is 1.79. The van der Waals surface area contributed by atoms with Gasteiger partial charge in [-0.05, 0) is 30.9 Å². The summed E-state index contributed by atoms with van der Waals surface area (Å²) < 4.78 is 43.0. The Kier molecular flexibility index (Phi) is 4.52. The molecular formula is C12H14ClF3N2O. The van der Waals surface area contributed by atoms with E-state index in [0.717, 1.165) is 38.2 Å². The molecule has 2 rings (SSSR count). The summed E-state index contributed by atoms with van der Waals surface area (Å²) in [7, 11) is 0. The van der Waals surface area contributed by atoms with Crippen molar-refractivity contribution >= 4 is 17.4 Å². The molecule has 1 aliphatic heterocycles. The maximum absolute atomic E-state index is 12.6. The molecule has 0 aliphatic carbocycles. The van der Waals surface area contributed by atoms with E-state index in [1.54, 1.807) is 0 Å². The van der Waals surface area contributed by atoms with Crippen molar-refractivity contribution in [2.75, 3.05) is 25.1 Å². The summed E-state index contributed by atoms with van der Waals surface area (Å²) >= 11 is 5.59. The maximum Gasteiger partial charge on any atom is 0.416 e.